The molecule has 0 aliphatic carbocycles. The van der Waals surface area contributed by atoms with Gasteiger partial charge in [-0.25, -0.2) is 0 Å². The molecule has 102 valence electrons. The minimum absolute atomic E-state index is 0.220. The molecule has 0 fully saturated rings. The Morgan fingerprint density at radius 1 is 0.944 bits per heavy atom. The van der Waals surface area contributed by atoms with E-state index < -0.39 is 23.5 Å². The van der Waals surface area contributed by atoms with E-state index in [0.29, 0.717) is 12.1 Å². The molecule has 0 saturated heterocycles. The predicted molar refractivity (Wildman–Crippen MR) is 57.6 cm³/mol. The summed E-state index contributed by atoms with van der Waals surface area (Å²) < 4.78 is 75.7. The molecule has 0 bridgehead atoms. The molecule has 7 heteroatoms. The summed E-state index contributed by atoms with van der Waals surface area (Å²) in [5.74, 6) is 0. The summed E-state index contributed by atoms with van der Waals surface area (Å²) in [6.07, 6.45) is -8.24. The first kappa shape index (κ1) is 15.2. The van der Waals surface area contributed by atoms with E-state index in [1.165, 1.54) is 6.26 Å². The van der Waals surface area contributed by atoms with Crippen molar-refractivity contribution in [3.05, 3.63) is 28.8 Å². The van der Waals surface area contributed by atoms with Gasteiger partial charge in [0.2, 0.25) is 0 Å². The van der Waals surface area contributed by atoms with Gasteiger partial charge in [0.25, 0.3) is 0 Å². The van der Waals surface area contributed by atoms with Gasteiger partial charge in [0, 0.05) is 4.90 Å². The normalized spacial score (nSPS) is 12.9. The van der Waals surface area contributed by atoms with Crippen molar-refractivity contribution in [3.63, 3.8) is 0 Å². The Morgan fingerprint density at radius 2 is 1.39 bits per heavy atom. The van der Waals surface area contributed by atoms with Crippen LogP contribution in [-0.2, 0) is 18.8 Å². The zero-order chi connectivity index (χ0) is 14.1. The first-order valence-electron chi connectivity index (χ1n) is 4.96. The molecule has 1 aromatic carbocycles. The Hall–Kier alpha value is -0.850. The second-order valence-corrected chi connectivity index (χ2v) is 4.41. The Balaban J connectivity index is 3.57. The van der Waals surface area contributed by atoms with Gasteiger partial charge in [-0.1, -0.05) is 6.92 Å². The molecule has 0 aliphatic heterocycles. The first-order valence-corrected chi connectivity index (χ1v) is 6.19. The average Bonchev–Trinajstić information content (AvgIpc) is 2.24. The predicted octanol–water partition coefficient (Wildman–Crippen LogP) is 5.01. The van der Waals surface area contributed by atoms with Crippen LogP contribution >= 0.6 is 11.8 Å². The summed E-state index contributed by atoms with van der Waals surface area (Å²) in [5, 5.41) is 0. The van der Waals surface area contributed by atoms with Gasteiger partial charge in [-0.2, -0.15) is 26.3 Å². The topological polar surface area (TPSA) is 0 Å². The summed E-state index contributed by atoms with van der Waals surface area (Å²) in [4.78, 5) is 0.220. The second kappa shape index (κ2) is 5.03. The Kier molecular flexibility index (Phi) is 4.25. The molecule has 1 aromatic rings. The van der Waals surface area contributed by atoms with Gasteiger partial charge in [-0.15, -0.1) is 11.8 Å². The SMILES string of the molecule is CCc1cc(C(F)(F)F)c(C(F)(F)F)cc1SC. The lowest BCUT2D eigenvalue weighted by molar-refractivity contribution is -0.162. The Bertz CT molecular complexity index is 391. The minimum atomic E-state index is -5.01. The van der Waals surface area contributed by atoms with Crippen molar-refractivity contribution in [3.8, 4) is 0 Å². The third-order valence-electron chi connectivity index (χ3n) is 2.41. The van der Waals surface area contributed by atoms with Gasteiger partial charge in [-0.05, 0) is 30.4 Å². The lowest BCUT2D eigenvalue weighted by Gasteiger charge is -2.18. The van der Waals surface area contributed by atoms with Crippen molar-refractivity contribution in [2.24, 2.45) is 0 Å². The monoisotopic (exact) mass is 288 g/mol. The third kappa shape index (κ3) is 3.13. The van der Waals surface area contributed by atoms with Gasteiger partial charge in [0.05, 0.1) is 11.1 Å². The lowest BCUT2D eigenvalue weighted by Crippen LogP contribution is -2.17. The molecule has 0 amide bonds. The molecule has 0 atom stereocenters. The van der Waals surface area contributed by atoms with Gasteiger partial charge >= 0.3 is 12.4 Å². The maximum atomic E-state index is 12.6. The number of thioether (sulfide) groups is 1. The van der Waals surface area contributed by atoms with Crippen LogP contribution in [0, 0.1) is 0 Å². The van der Waals surface area contributed by atoms with Crippen molar-refractivity contribution in [1.29, 1.82) is 0 Å². The molecule has 0 spiro atoms. The van der Waals surface area contributed by atoms with E-state index in [9.17, 15) is 26.3 Å². The van der Waals surface area contributed by atoms with Crippen molar-refractivity contribution < 1.29 is 26.3 Å². The number of benzene rings is 1. The molecular weight excluding hydrogens is 278 g/mol. The highest BCUT2D eigenvalue weighted by atomic mass is 32.2. The molecule has 18 heavy (non-hydrogen) atoms. The fourth-order valence-electron chi connectivity index (χ4n) is 1.56. The van der Waals surface area contributed by atoms with Crippen molar-refractivity contribution in [1.82, 2.24) is 0 Å². The van der Waals surface area contributed by atoms with Crippen molar-refractivity contribution in [2.75, 3.05) is 6.26 Å². The van der Waals surface area contributed by atoms with Crippen molar-refractivity contribution in [2.45, 2.75) is 30.6 Å². The number of alkyl halides is 6. The molecule has 1 rings (SSSR count). The molecule has 0 N–H and O–H groups in total. The van der Waals surface area contributed by atoms with E-state index in [0.717, 1.165) is 11.8 Å². The summed E-state index contributed by atoms with van der Waals surface area (Å²) in [6.45, 7) is 1.60. The summed E-state index contributed by atoms with van der Waals surface area (Å²) >= 11 is 1.00. The van der Waals surface area contributed by atoms with Crippen LogP contribution < -0.4 is 0 Å². The fraction of sp³-hybridized carbons (Fsp3) is 0.455. The summed E-state index contributed by atoms with van der Waals surface area (Å²) in [6, 6.07) is 1.17. The summed E-state index contributed by atoms with van der Waals surface area (Å²) in [7, 11) is 0. The van der Waals surface area contributed by atoms with Crippen LogP contribution in [0.15, 0.2) is 17.0 Å². The number of hydrogen-bond acceptors (Lipinski definition) is 1. The van der Waals surface area contributed by atoms with E-state index in [1.54, 1.807) is 6.92 Å². The Labute approximate surface area is 104 Å². The van der Waals surface area contributed by atoms with Gasteiger partial charge < -0.3 is 0 Å². The number of halogens is 6. The maximum absolute atomic E-state index is 12.6. The molecular formula is C11H10F6S. The fourth-order valence-corrected chi connectivity index (χ4v) is 2.26. The molecule has 0 saturated carbocycles. The van der Waals surface area contributed by atoms with Crippen LogP contribution in [0.5, 0.6) is 0 Å². The summed E-state index contributed by atoms with van der Waals surface area (Å²) in [5.41, 5.74) is -2.98. The van der Waals surface area contributed by atoms with Crippen LogP contribution in [0.1, 0.15) is 23.6 Å². The van der Waals surface area contributed by atoms with E-state index >= 15 is 0 Å². The minimum Gasteiger partial charge on any atom is -0.166 e. The Morgan fingerprint density at radius 3 is 1.72 bits per heavy atom. The maximum Gasteiger partial charge on any atom is 0.417 e. The third-order valence-corrected chi connectivity index (χ3v) is 3.23. The van der Waals surface area contributed by atoms with Gasteiger partial charge in [-0.3, -0.25) is 0 Å². The number of aryl methyl sites for hydroxylation is 1. The zero-order valence-corrected chi connectivity index (χ0v) is 10.4. The largest absolute Gasteiger partial charge is 0.417 e. The average molecular weight is 288 g/mol. The van der Waals surface area contributed by atoms with Crippen LogP contribution in [0.2, 0.25) is 0 Å². The van der Waals surface area contributed by atoms with Crippen LogP contribution in [0.4, 0.5) is 26.3 Å². The van der Waals surface area contributed by atoms with E-state index in [4.69, 9.17) is 0 Å². The van der Waals surface area contributed by atoms with E-state index in [1.807, 2.05) is 0 Å². The van der Waals surface area contributed by atoms with Crippen LogP contribution in [-0.4, -0.2) is 6.26 Å². The molecule has 0 aromatic heterocycles. The quantitative estimate of drug-likeness (QED) is 0.544. The zero-order valence-electron chi connectivity index (χ0n) is 9.54. The molecule has 0 aliphatic rings. The van der Waals surface area contributed by atoms with E-state index in [-0.39, 0.29) is 16.9 Å². The van der Waals surface area contributed by atoms with E-state index in [2.05, 4.69) is 0 Å². The second-order valence-electron chi connectivity index (χ2n) is 3.56. The van der Waals surface area contributed by atoms with Crippen molar-refractivity contribution >= 4 is 11.8 Å². The van der Waals surface area contributed by atoms with Crippen LogP contribution in [0.3, 0.4) is 0 Å². The number of rotatable bonds is 2. The highest BCUT2D eigenvalue weighted by molar-refractivity contribution is 7.98. The lowest BCUT2D eigenvalue weighted by atomic mass is 10.0. The first-order chi connectivity index (χ1) is 8.11. The highest BCUT2D eigenvalue weighted by Gasteiger charge is 2.43. The van der Waals surface area contributed by atoms with Gasteiger partial charge in [0.1, 0.15) is 0 Å². The molecule has 0 radical (unpaired) electrons. The standard InChI is InChI=1S/C11H10F6S/c1-3-6-4-7(10(12,13)14)8(11(15,16)17)5-9(6)18-2/h4-5H,3H2,1-2H3. The highest BCUT2D eigenvalue weighted by Crippen LogP contribution is 2.42. The number of hydrogen-bond donors (Lipinski definition) is 0. The molecule has 0 nitrogen and oxygen atoms in total. The molecule has 0 heterocycles. The van der Waals surface area contributed by atoms with Crippen LogP contribution in [0.25, 0.3) is 0 Å². The van der Waals surface area contributed by atoms with Gasteiger partial charge in [0.15, 0.2) is 0 Å². The molecule has 0 unspecified atom stereocenters. The smallest absolute Gasteiger partial charge is 0.166 e.